The van der Waals surface area contributed by atoms with Crippen LogP contribution in [0.4, 0.5) is 0 Å². The van der Waals surface area contributed by atoms with Gasteiger partial charge in [-0.2, -0.15) is 0 Å². The van der Waals surface area contributed by atoms with Crippen LogP contribution < -0.4 is 4.74 Å². The lowest BCUT2D eigenvalue weighted by atomic mass is 9.84. The van der Waals surface area contributed by atoms with Crippen LogP contribution in [0.25, 0.3) is 11.5 Å². The third kappa shape index (κ3) is 13.2. The second kappa shape index (κ2) is 21.2. The lowest BCUT2D eigenvalue weighted by Crippen LogP contribution is -2.08. The van der Waals surface area contributed by atoms with Crippen molar-refractivity contribution in [2.45, 2.75) is 92.4 Å². The van der Waals surface area contributed by atoms with Gasteiger partial charge >= 0.3 is 0 Å². The van der Waals surface area contributed by atoms with Crippen LogP contribution in [0.3, 0.4) is 0 Å². The molecule has 2 aromatic rings. The predicted octanol–water partition coefficient (Wildman–Crippen LogP) is 10.4. The van der Waals surface area contributed by atoms with E-state index < -0.39 is 0 Å². The second-order valence-electron chi connectivity index (χ2n) is 9.44. The minimum Gasteiger partial charge on any atom is -0.493 e. The monoisotopic (exact) mass is 520 g/mol. The van der Waals surface area contributed by atoms with Crippen molar-refractivity contribution in [2.24, 2.45) is 5.92 Å². The zero-order chi connectivity index (χ0) is 28.0. The Morgan fingerprint density at radius 2 is 1.50 bits per heavy atom. The first-order chi connectivity index (χ1) is 18.6. The molecule has 1 saturated carbocycles. The summed E-state index contributed by atoms with van der Waals surface area (Å²) in [4.78, 5) is 0. The van der Waals surface area contributed by atoms with E-state index in [9.17, 15) is 0 Å². The number of hydrogen-bond donors (Lipinski definition) is 0. The molecule has 2 aromatic carbocycles. The van der Waals surface area contributed by atoms with Gasteiger partial charge in [-0.05, 0) is 68.9 Å². The van der Waals surface area contributed by atoms with Crippen LogP contribution in [0.1, 0.15) is 102 Å². The molecule has 0 spiro atoms. The SMILES string of the molecule is C=C=C(Oc1ccc(/C(=C\CC)OCCCCCCOC)cc1)c1ccc(C)cc1.CC.CCC1CCC1. The van der Waals surface area contributed by atoms with Crippen LogP contribution >= 0.6 is 0 Å². The fourth-order valence-electron chi connectivity index (χ4n) is 3.94. The van der Waals surface area contributed by atoms with Gasteiger partial charge in [-0.1, -0.05) is 102 Å². The number of hydrogen-bond acceptors (Lipinski definition) is 3. The van der Waals surface area contributed by atoms with Gasteiger partial charge < -0.3 is 14.2 Å². The Labute approximate surface area is 233 Å². The number of aryl methyl sites for hydroxylation is 1. The molecule has 3 rings (SSSR count). The summed E-state index contributed by atoms with van der Waals surface area (Å²) in [6, 6.07) is 16.1. The highest BCUT2D eigenvalue weighted by Gasteiger charge is 2.13. The molecule has 0 aliphatic heterocycles. The van der Waals surface area contributed by atoms with Gasteiger partial charge in [0.1, 0.15) is 11.5 Å². The van der Waals surface area contributed by atoms with E-state index >= 15 is 0 Å². The molecule has 3 nitrogen and oxygen atoms in total. The molecule has 0 radical (unpaired) electrons. The summed E-state index contributed by atoms with van der Waals surface area (Å²) in [5.74, 6) is 3.42. The first kappa shape index (κ1) is 33.3. The van der Waals surface area contributed by atoms with E-state index in [1.807, 2.05) is 50.2 Å². The van der Waals surface area contributed by atoms with Gasteiger partial charge in [-0.15, -0.1) is 0 Å². The lowest BCUT2D eigenvalue weighted by Gasteiger charge is -2.22. The van der Waals surface area contributed by atoms with Gasteiger partial charge in [0.05, 0.1) is 6.61 Å². The Morgan fingerprint density at radius 1 is 0.895 bits per heavy atom. The molecule has 210 valence electrons. The van der Waals surface area contributed by atoms with Crippen molar-refractivity contribution in [2.75, 3.05) is 20.3 Å². The van der Waals surface area contributed by atoms with E-state index in [-0.39, 0.29) is 0 Å². The molecule has 0 amide bonds. The molecule has 0 N–H and O–H groups in total. The van der Waals surface area contributed by atoms with Crippen molar-refractivity contribution in [3.63, 3.8) is 0 Å². The summed E-state index contributed by atoms with van der Waals surface area (Å²) in [6.07, 6.45) is 13.5. The number of ether oxygens (including phenoxy) is 3. The lowest BCUT2D eigenvalue weighted by molar-refractivity contribution is 0.190. The van der Waals surface area contributed by atoms with Crippen LogP contribution in [0.2, 0.25) is 0 Å². The molecule has 0 heterocycles. The Morgan fingerprint density at radius 3 is 1.97 bits per heavy atom. The highest BCUT2D eigenvalue weighted by molar-refractivity contribution is 5.63. The van der Waals surface area contributed by atoms with E-state index in [2.05, 4.69) is 51.3 Å². The highest BCUT2D eigenvalue weighted by atomic mass is 16.5. The molecule has 0 atom stereocenters. The minimum absolute atomic E-state index is 0.622. The standard InChI is InChI=1S/C27H34O3.C6H12.C2H6/c1-5-11-27(29-21-10-8-7-9-20-28-4)24-16-18-25(19-17-24)30-26(6-2)23-14-12-22(3)13-15-23;1-2-6-4-3-5-6;1-2/h11-19H,2,5,7-10,20-21H2,1,3-4H3;6H,2-5H2,1H3;1-2H3/b27-11+;;. The van der Waals surface area contributed by atoms with Gasteiger partial charge in [0.15, 0.2) is 5.76 Å². The number of rotatable bonds is 14. The molecule has 38 heavy (non-hydrogen) atoms. The summed E-state index contributed by atoms with van der Waals surface area (Å²) in [5, 5.41) is 0. The van der Waals surface area contributed by atoms with E-state index in [1.165, 1.54) is 37.7 Å². The van der Waals surface area contributed by atoms with Crippen molar-refractivity contribution < 1.29 is 14.2 Å². The summed E-state index contributed by atoms with van der Waals surface area (Å²) in [7, 11) is 1.75. The van der Waals surface area contributed by atoms with Crippen molar-refractivity contribution in [1.29, 1.82) is 0 Å². The summed E-state index contributed by atoms with van der Waals surface area (Å²) < 4.78 is 17.1. The maximum atomic E-state index is 6.06. The first-order valence-corrected chi connectivity index (χ1v) is 14.7. The van der Waals surface area contributed by atoms with Gasteiger partial charge in [-0.25, -0.2) is 0 Å². The van der Waals surface area contributed by atoms with Crippen molar-refractivity contribution in [1.82, 2.24) is 0 Å². The number of methoxy groups -OCH3 is 1. The van der Waals surface area contributed by atoms with Crippen LogP contribution in [-0.4, -0.2) is 20.3 Å². The number of unbranched alkanes of at least 4 members (excludes halogenated alkanes) is 3. The topological polar surface area (TPSA) is 27.7 Å². The molecule has 0 aromatic heterocycles. The summed E-state index contributed by atoms with van der Waals surface area (Å²) >= 11 is 0. The fourth-order valence-corrected chi connectivity index (χ4v) is 3.94. The first-order valence-electron chi connectivity index (χ1n) is 14.7. The van der Waals surface area contributed by atoms with Crippen molar-refractivity contribution in [3.8, 4) is 5.75 Å². The Bertz CT molecular complexity index is 927. The maximum absolute atomic E-state index is 6.06. The summed E-state index contributed by atoms with van der Waals surface area (Å²) in [5.41, 5.74) is 6.12. The molecule has 0 saturated heterocycles. The van der Waals surface area contributed by atoms with Gasteiger partial charge in [-0.3, -0.25) is 0 Å². The van der Waals surface area contributed by atoms with E-state index in [1.54, 1.807) is 7.11 Å². The zero-order valence-corrected chi connectivity index (χ0v) is 25.0. The largest absolute Gasteiger partial charge is 0.493 e. The van der Waals surface area contributed by atoms with E-state index in [4.69, 9.17) is 14.2 Å². The van der Waals surface area contributed by atoms with Crippen LogP contribution in [0, 0.1) is 12.8 Å². The minimum atomic E-state index is 0.622. The van der Waals surface area contributed by atoms with Gasteiger partial charge in [0, 0.05) is 24.8 Å². The Balaban J connectivity index is 0.000000777. The molecule has 0 bridgehead atoms. The van der Waals surface area contributed by atoms with Crippen LogP contribution in [0.15, 0.2) is 66.9 Å². The third-order valence-corrected chi connectivity index (χ3v) is 6.53. The molecular formula is C35H52O3. The Kier molecular flexibility index (Phi) is 18.6. The third-order valence-electron chi connectivity index (χ3n) is 6.53. The maximum Gasteiger partial charge on any atom is 0.176 e. The predicted molar refractivity (Wildman–Crippen MR) is 164 cm³/mol. The molecule has 3 heteroatoms. The quantitative estimate of drug-likeness (QED) is 0.141. The van der Waals surface area contributed by atoms with E-state index in [0.29, 0.717) is 5.76 Å². The number of allylic oxidation sites excluding steroid dienone is 1. The molecule has 0 unspecified atom stereocenters. The average molecular weight is 521 g/mol. The molecule has 1 fully saturated rings. The molecule has 1 aliphatic carbocycles. The summed E-state index contributed by atoms with van der Waals surface area (Å²) in [6.45, 7) is 15.8. The average Bonchev–Trinajstić information content (AvgIpc) is 2.92. The fraction of sp³-hybridized carbons (Fsp3) is 0.514. The van der Waals surface area contributed by atoms with Crippen molar-refractivity contribution >= 4 is 11.5 Å². The Hall–Kier alpha value is -2.74. The van der Waals surface area contributed by atoms with E-state index in [0.717, 1.165) is 67.5 Å². The van der Waals surface area contributed by atoms with Crippen LogP contribution in [-0.2, 0) is 9.47 Å². The normalized spacial score (nSPS) is 12.6. The van der Waals surface area contributed by atoms with Crippen LogP contribution in [0.5, 0.6) is 5.75 Å². The number of benzene rings is 2. The van der Waals surface area contributed by atoms with Crippen molar-refractivity contribution in [3.05, 3.63) is 83.6 Å². The molecule has 1 aliphatic rings. The smallest absolute Gasteiger partial charge is 0.176 e. The zero-order valence-electron chi connectivity index (χ0n) is 25.0. The molecular weight excluding hydrogens is 468 g/mol. The van der Waals surface area contributed by atoms with Gasteiger partial charge in [0.25, 0.3) is 0 Å². The highest BCUT2D eigenvalue weighted by Crippen LogP contribution is 2.28. The van der Waals surface area contributed by atoms with Gasteiger partial charge in [0.2, 0.25) is 0 Å². The second-order valence-corrected chi connectivity index (χ2v) is 9.44.